The fourth-order valence-electron chi connectivity index (χ4n) is 3.70. The van der Waals surface area contributed by atoms with E-state index in [0.717, 1.165) is 53.8 Å². The van der Waals surface area contributed by atoms with Crippen LogP contribution < -0.4 is 10.4 Å². The van der Waals surface area contributed by atoms with Crippen molar-refractivity contribution in [1.82, 2.24) is 4.90 Å². The molecule has 4 nitrogen and oxygen atoms in total. The van der Waals surface area contributed by atoms with Crippen LogP contribution in [-0.2, 0) is 19.4 Å². The summed E-state index contributed by atoms with van der Waals surface area (Å²) in [7, 11) is 0. The lowest BCUT2D eigenvalue weighted by Crippen LogP contribution is -2.34. The van der Waals surface area contributed by atoms with Gasteiger partial charge in [0.25, 0.3) is 0 Å². The average molecular weight is 349 g/mol. The molecule has 0 unspecified atom stereocenters. The molecule has 4 heteroatoms. The van der Waals surface area contributed by atoms with Crippen LogP contribution in [0, 0.1) is 6.92 Å². The van der Waals surface area contributed by atoms with Crippen LogP contribution in [0.15, 0.2) is 51.7 Å². The van der Waals surface area contributed by atoms with Gasteiger partial charge in [-0.05, 0) is 37.0 Å². The molecule has 0 amide bonds. The van der Waals surface area contributed by atoms with Crippen molar-refractivity contribution in [3.63, 3.8) is 0 Å². The fourth-order valence-corrected chi connectivity index (χ4v) is 3.70. The minimum atomic E-state index is -0.294. The first-order chi connectivity index (χ1) is 12.7. The Bertz CT molecular complexity index is 992. The first-order valence-electron chi connectivity index (χ1n) is 9.14. The van der Waals surface area contributed by atoms with Gasteiger partial charge in [0, 0.05) is 35.7 Å². The molecule has 1 aliphatic heterocycles. The molecule has 3 aromatic rings. The highest BCUT2D eigenvalue weighted by Crippen LogP contribution is 2.35. The number of benzene rings is 2. The Labute approximate surface area is 153 Å². The van der Waals surface area contributed by atoms with Crippen molar-refractivity contribution >= 4 is 11.0 Å². The second-order valence-corrected chi connectivity index (χ2v) is 6.87. The van der Waals surface area contributed by atoms with Gasteiger partial charge in [-0.15, -0.1) is 0 Å². The topological polar surface area (TPSA) is 42.7 Å². The molecule has 0 radical (unpaired) electrons. The highest BCUT2D eigenvalue weighted by molar-refractivity contribution is 5.86. The van der Waals surface area contributed by atoms with Crippen molar-refractivity contribution in [2.24, 2.45) is 0 Å². The third kappa shape index (κ3) is 3.13. The molecule has 26 heavy (non-hydrogen) atoms. The van der Waals surface area contributed by atoms with Gasteiger partial charge in [0.2, 0.25) is 0 Å². The SMILES string of the molecule is CCc1cc(=O)oc2c(C)c3c(cc12)CN(CCc1ccccc1)CO3. The summed E-state index contributed by atoms with van der Waals surface area (Å²) >= 11 is 0. The maximum Gasteiger partial charge on any atom is 0.336 e. The maximum atomic E-state index is 11.8. The zero-order valence-corrected chi connectivity index (χ0v) is 15.2. The van der Waals surface area contributed by atoms with Crippen molar-refractivity contribution in [2.75, 3.05) is 13.3 Å². The molecule has 0 atom stereocenters. The number of ether oxygens (including phenoxy) is 1. The molecule has 134 valence electrons. The second kappa shape index (κ2) is 6.96. The monoisotopic (exact) mass is 349 g/mol. The van der Waals surface area contributed by atoms with Gasteiger partial charge in [-0.3, -0.25) is 4.90 Å². The van der Waals surface area contributed by atoms with E-state index in [1.165, 1.54) is 5.56 Å². The quantitative estimate of drug-likeness (QED) is 0.666. The van der Waals surface area contributed by atoms with E-state index in [1.54, 1.807) is 6.07 Å². The van der Waals surface area contributed by atoms with E-state index in [1.807, 2.05) is 13.0 Å². The Balaban J connectivity index is 1.63. The van der Waals surface area contributed by atoms with E-state index in [4.69, 9.17) is 9.15 Å². The summed E-state index contributed by atoms with van der Waals surface area (Å²) < 4.78 is 11.5. The van der Waals surface area contributed by atoms with Gasteiger partial charge in [0.15, 0.2) is 0 Å². The summed E-state index contributed by atoms with van der Waals surface area (Å²) in [6.45, 7) is 6.39. The van der Waals surface area contributed by atoms with Crippen LogP contribution >= 0.6 is 0 Å². The second-order valence-electron chi connectivity index (χ2n) is 6.87. The summed E-state index contributed by atoms with van der Waals surface area (Å²) in [5.74, 6) is 0.866. The van der Waals surface area contributed by atoms with Crippen LogP contribution in [0.4, 0.5) is 0 Å². The highest BCUT2D eigenvalue weighted by atomic mass is 16.5. The molecule has 2 aromatic carbocycles. The average Bonchev–Trinajstić information content (AvgIpc) is 2.67. The van der Waals surface area contributed by atoms with Crippen LogP contribution in [-0.4, -0.2) is 18.2 Å². The summed E-state index contributed by atoms with van der Waals surface area (Å²) in [5.41, 5.74) is 4.82. The smallest absolute Gasteiger partial charge is 0.336 e. The fraction of sp³-hybridized carbons (Fsp3) is 0.318. The molecule has 0 bridgehead atoms. The van der Waals surface area contributed by atoms with Crippen LogP contribution in [0.25, 0.3) is 11.0 Å². The van der Waals surface area contributed by atoms with E-state index >= 15 is 0 Å². The lowest BCUT2D eigenvalue weighted by Gasteiger charge is -2.30. The van der Waals surface area contributed by atoms with Crippen molar-refractivity contribution in [3.05, 3.63) is 75.1 Å². The zero-order chi connectivity index (χ0) is 18.1. The summed E-state index contributed by atoms with van der Waals surface area (Å²) in [5, 5.41) is 1.02. The van der Waals surface area contributed by atoms with Gasteiger partial charge in [-0.25, -0.2) is 4.79 Å². The maximum absolute atomic E-state index is 11.8. The predicted molar refractivity (Wildman–Crippen MR) is 103 cm³/mol. The molecule has 0 aliphatic carbocycles. The summed E-state index contributed by atoms with van der Waals surface area (Å²) in [4.78, 5) is 14.2. The van der Waals surface area contributed by atoms with Gasteiger partial charge >= 0.3 is 5.63 Å². The molecule has 1 aliphatic rings. The normalized spacial score (nSPS) is 14.2. The first-order valence-corrected chi connectivity index (χ1v) is 9.14. The van der Waals surface area contributed by atoms with E-state index in [0.29, 0.717) is 12.3 Å². The predicted octanol–water partition coefficient (Wildman–Crippen LogP) is 4.06. The molecule has 1 aromatic heterocycles. The van der Waals surface area contributed by atoms with Crippen molar-refractivity contribution < 1.29 is 9.15 Å². The number of hydrogen-bond acceptors (Lipinski definition) is 4. The molecule has 0 saturated heterocycles. The Morgan fingerprint density at radius 2 is 1.96 bits per heavy atom. The highest BCUT2D eigenvalue weighted by Gasteiger charge is 2.22. The van der Waals surface area contributed by atoms with E-state index < -0.39 is 0 Å². The van der Waals surface area contributed by atoms with Crippen LogP contribution in [0.1, 0.15) is 29.2 Å². The lowest BCUT2D eigenvalue weighted by atomic mass is 9.99. The largest absolute Gasteiger partial charge is 0.477 e. The van der Waals surface area contributed by atoms with Crippen LogP contribution in [0.5, 0.6) is 5.75 Å². The van der Waals surface area contributed by atoms with E-state index in [2.05, 4.69) is 42.2 Å². The minimum absolute atomic E-state index is 0.294. The molecular formula is C22H23NO3. The summed E-state index contributed by atoms with van der Waals surface area (Å²) in [6, 6.07) is 14.2. The number of nitrogens with zero attached hydrogens (tertiary/aromatic N) is 1. The van der Waals surface area contributed by atoms with Crippen molar-refractivity contribution in [2.45, 2.75) is 33.2 Å². The molecule has 4 rings (SSSR count). The Morgan fingerprint density at radius 1 is 1.15 bits per heavy atom. The van der Waals surface area contributed by atoms with E-state index in [9.17, 15) is 4.79 Å². The zero-order valence-electron chi connectivity index (χ0n) is 15.2. The number of hydrogen-bond donors (Lipinski definition) is 0. The number of aryl methyl sites for hydroxylation is 2. The molecule has 0 saturated carbocycles. The lowest BCUT2D eigenvalue weighted by molar-refractivity contribution is 0.0959. The standard InChI is InChI=1S/C22H23NO3/c1-3-17-12-20(24)26-22-15(2)21-18(11-19(17)22)13-23(14-25-21)10-9-16-7-5-4-6-8-16/h4-8,11-12H,3,9-10,13-14H2,1-2H3. The molecule has 0 N–H and O–H groups in total. The molecule has 0 spiro atoms. The third-order valence-electron chi connectivity index (χ3n) is 5.10. The molecule has 2 heterocycles. The van der Waals surface area contributed by atoms with Gasteiger partial charge in [-0.1, -0.05) is 37.3 Å². The molecule has 0 fully saturated rings. The number of fused-ring (bicyclic) bond motifs is 2. The van der Waals surface area contributed by atoms with Crippen LogP contribution in [0.2, 0.25) is 0 Å². The third-order valence-corrected chi connectivity index (χ3v) is 5.10. The Kier molecular flexibility index (Phi) is 4.51. The van der Waals surface area contributed by atoms with Gasteiger partial charge < -0.3 is 9.15 Å². The Hall–Kier alpha value is -2.59. The first kappa shape index (κ1) is 16.9. The minimum Gasteiger partial charge on any atom is -0.477 e. The van der Waals surface area contributed by atoms with Gasteiger partial charge in [0.1, 0.15) is 18.1 Å². The Morgan fingerprint density at radius 3 is 2.73 bits per heavy atom. The van der Waals surface area contributed by atoms with Crippen LogP contribution in [0.3, 0.4) is 0 Å². The van der Waals surface area contributed by atoms with Gasteiger partial charge in [0.05, 0.1) is 0 Å². The van der Waals surface area contributed by atoms with Crippen molar-refractivity contribution in [3.8, 4) is 5.75 Å². The van der Waals surface area contributed by atoms with E-state index in [-0.39, 0.29) is 5.63 Å². The van der Waals surface area contributed by atoms with Crippen molar-refractivity contribution in [1.29, 1.82) is 0 Å². The summed E-state index contributed by atoms with van der Waals surface area (Å²) in [6.07, 6.45) is 1.81. The van der Waals surface area contributed by atoms with Gasteiger partial charge in [-0.2, -0.15) is 0 Å². The number of rotatable bonds is 4. The molecular weight excluding hydrogens is 326 g/mol.